The average Bonchev–Trinajstić information content (AvgIpc) is 2.47. The van der Waals surface area contributed by atoms with Crippen LogP contribution < -0.4 is 10.1 Å². The molecule has 0 atom stereocenters. The van der Waals surface area contributed by atoms with Gasteiger partial charge >= 0.3 is 6.36 Å². The number of nitrogens with one attached hydrogen (secondary N) is 1. The van der Waals surface area contributed by atoms with Crippen LogP contribution in [-0.4, -0.2) is 12.3 Å². The first-order chi connectivity index (χ1) is 10.4. The number of amides is 1. The van der Waals surface area contributed by atoms with Crippen LogP contribution in [0.3, 0.4) is 0 Å². The van der Waals surface area contributed by atoms with Gasteiger partial charge in [-0.15, -0.1) is 13.2 Å². The predicted molar refractivity (Wildman–Crippen MR) is 77.6 cm³/mol. The summed E-state index contributed by atoms with van der Waals surface area (Å²) >= 11 is 0. The topological polar surface area (TPSA) is 38.3 Å². The molecular formula is C16H20F3NO2. The molecule has 1 aromatic carbocycles. The van der Waals surface area contributed by atoms with Crippen molar-refractivity contribution in [2.75, 3.05) is 5.32 Å². The summed E-state index contributed by atoms with van der Waals surface area (Å²) in [6, 6.07) is 5.57. The van der Waals surface area contributed by atoms with Crippen LogP contribution in [0, 0.1) is 5.92 Å². The molecule has 0 bridgehead atoms. The Bertz CT molecular complexity index is 496. The van der Waals surface area contributed by atoms with E-state index in [1.165, 1.54) is 37.5 Å². The third kappa shape index (κ3) is 5.58. The van der Waals surface area contributed by atoms with Gasteiger partial charge in [0.05, 0.1) is 5.69 Å². The van der Waals surface area contributed by atoms with E-state index in [9.17, 15) is 18.0 Å². The molecule has 1 aliphatic rings. The molecule has 0 unspecified atom stereocenters. The van der Waals surface area contributed by atoms with Gasteiger partial charge in [-0.1, -0.05) is 44.2 Å². The maximum Gasteiger partial charge on any atom is 0.573 e. The summed E-state index contributed by atoms with van der Waals surface area (Å²) in [5.41, 5.74) is 0.0495. The number of hydrogen-bond donors (Lipinski definition) is 1. The van der Waals surface area contributed by atoms with E-state index in [1.54, 1.807) is 6.07 Å². The predicted octanol–water partition coefficient (Wildman–Crippen LogP) is 4.88. The number of halogens is 3. The molecule has 0 heterocycles. The Morgan fingerprint density at radius 2 is 1.86 bits per heavy atom. The first-order valence-corrected chi connectivity index (χ1v) is 7.58. The third-order valence-corrected chi connectivity index (χ3v) is 3.89. The number of rotatable bonds is 5. The van der Waals surface area contributed by atoms with E-state index in [0.29, 0.717) is 12.3 Å². The Morgan fingerprint density at radius 3 is 2.55 bits per heavy atom. The number of alkyl halides is 3. The summed E-state index contributed by atoms with van der Waals surface area (Å²) < 4.78 is 40.9. The Hall–Kier alpha value is -1.72. The highest BCUT2D eigenvalue weighted by Gasteiger charge is 2.32. The van der Waals surface area contributed by atoms with Gasteiger partial charge in [-0.2, -0.15) is 0 Å². The van der Waals surface area contributed by atoms with Crippen molar-refractivity contribution in [2.24, 2.45) is 5.92 Å². The molecule has 0 aromatic heterocycles. The number of carbonyl (C=O) groups is 1. The van der Waals surface area contributed by atoms with Crippen LogP contribution in [0.4, 0.5) is 18.9 Å². The second-order valence-corrected chi connectivity index (χ2v) is 5.63. The van der Waals surface area contributed by atoms with Crippen molar-refractivity contribution in [3.05, 3.63) is 24.3 Å². The van der Waals surface area contributed by atoms with Crippen molar-refractivity contribution in [1.29, 1.82) is 0 Å². The lowest BCUT2D eigenvalue weighted by molar-refractivity contribution is -0.274. The number of benzene rings is 1. The van der Waals surface area contributed by atoms with E-state index in [1.807, 2.05) is 0 Å². The van der Waals surface area contributed by atoms with Gasteiger partial charge in [0.2, 0.25) is 5.91 Å². The minimum absolute atomic E-state index is 0.0495. The zero-order valence-electron chi connectivity index (χ0n) is 12.3. The summed E-state index contributed by atoms with van der Waals surface area (Å²) in [4.78, 5) is 11.9. The van der Waals surface area contributed by atoms with Crippen LogP contribution in [-0.2, 0) is 4.79 Å². The molecule has 0 aliphatic heterocycles. The molecule has 22 heavy (non-hydrogen) atoms. The Morgan fingerprint density at radius 1 is 1.18 bits per heavy atom. The quantitative estimate of drug-likeness (QED) is 0.840. The average molecular weight is 315 g/mol. The van der Waals surface area contributed by atoms with Gasteiger partial charge in [0.1, 0.15) is 0 Å². The lowest BCUT2D eigenvalue weighted by Crippen LogP contribution is -2.20. The molecule has 1 fully saturated rings. The molecule has 122 valence electrons. The van der Waals surface area contributed by atoms with E-state index in [2.05, 4.69) is 10.1 Å². The van der Waals surface area contributed by atoms with Crippen LogP contribution in [0.5, 0.6) is 5.75 Å². The van der Waals surface area contributed by atoms with Gasteiger partial charge in [-0.3, -0.25) is 4.79 Å². The maximum atomic E-state index is 12.3. The maximum absolute atomic E-state index is 12.3. The van der Waals surface area contributed by atoms with Gasteiger partial charge in [-0.05, 0) is 24.5 Å². The third-order valence-electron chi connectivity index (χ3n) is 3.89. The summed E-state index contributed by atoms with van der Waals surface area (Å²) in [5, 5.41) is 2.51. The number of ether oxygens (including phenoxy) is 1. The molecule has 1 aliphatic carbocycles. The molecule has 0 radical (unpaired) electrons. The van der Waals surface area contributed by atoms with Crippen molar-refractivity contribution < 1.29 is 22.7 Å². The fourth-order valence-electron chi connectivity index (χ4n) is 2.81. The van der Waals surface area contributed by atoms with Crippen molar-refractivity contribution in [3.8, 4) is 5.75 Å². The van der Waals surface area contributed by atoms with Crippen molar-refractivity contribution >= 4 is 11.6 Å². The Kier molecular flexibility index (Phi) is 5.69. The summed E-state index contributed by atoms with van der Waals surface area (Å²) in [7, 11) is 0. The molecule has 0 saturated heterocycles. The number of para-hydroxylation sites is 2. The lowest BCUT2D eigenvalue weighted by atomic mass is 9.86. The molecule has 2 rings (SSSR count). The van der Waals surface area contributed by atoms with Crippen LogP contribution in [0.25, 0.3) is 0 Å². The normalized spacial score (nSPS) is 16.3. The molecule has 3 nitrogen and oxygen atoms in total. The molecular weight excluding hydrogens is 295 g/mol. The van der Waals surface area contributed by atoms with Gasteiger partial charge < -0.3 is 10.1 Å². The molecule has 1 amide bonds. The van der Waals surface area contributed by atoms with Crippen molar-refractivity contribution in [1.82, 2.24) is 0 Å². The zero-order chi connectivity index (χ0) is 16.0. The first kappa shape index (κ1) is 16.6. The number of hydrogen-bond acceptors (Lipinski definition) is 2. The highest BCUT2D eigenvalue weighted by Crippen LogP contribution is 2.31. The van der Waals surface area contributed by atoms with Crippen molar-refractivity contribution in [3.63, 3.8) is 0 Å². The molecule has 1 saturated carbocycles. The minimum atomic E-state index is -4.77. The second kappa shape index (κ2) is 7.51. The fraction of sp³-hybridized carbons (Fsp3) is 0.562. The van der Waals surface area contributed by atoms with Gasteiger partial charge in [0.25, 0.3) is 0 Å². The van der Waals surface area contributed by atoms with E-state index in [4.69, 9.17) is 0 Å². The largest absolute Gasteiger partial charge is 0.573 e. The van der Waals surface area contributed by atoms with E-state index >= 15 is 0 Å². The summed E-state index contributed by atoms with van der Waals surface area (Å²) in [6.07, 6.45) is 2.28. The smallest absolute Gasteiger partial charge is 0.404 e. The standard InChI is InChI=1S/C16H20F3NO2/c17-16(18,19)22-14-9-5-4-8-13(14)20-15(21)11-10-12-6-2-1-3-7-12/h4-5,8-9,12H,1-3,6-7,10-11H2,(H,20,21). The van der Waals surface area contributed by atoms with Crippen LogP contribution in [0.2, 0.25) is 0 Å². The molecule has 0 spiro atoms. The molecule has 1 N–H and O–H groups in total. The van der Waals surface area contributed by atoms with E-state index in [0.717, 1.165) is 19.3 Å². The van der Waals surface area contributed by atoms with Crippen LogP contribution >= 0.6 is 0 Å². The number of anilines is 1. The Balaban J connectivity index is 1.88. The SMILES string of the molecule is O=C(CCC1CCCCC1)Nc1ccccc1OC(F)(F)F. The van der Waals surface area contributed by atoms with Gasteiger partial charge in [-0.25, -0.2) is 0 Å². The van der Waals surface area contributed by atoms with Gasteiger partial charge in [0, 0.05) is 6.42 Å². The molecule has 1 aromatic rings. The van der Waals surface area contributed by atoms with Crippen LogP contribution in [0.15, 0.2) is 24.3 Å². The van der Waals surface area contributed by atoms with Crippen molar-refractivity contribution in [2.45, 2.75) is 51.3 Å². The van der Waals surface area contributed by atoms with E-state index in [-0.39, 0.29) is 17.3 Å². The van der Waals surface area contributed by atoms with Crippen LogP contribution in [0.1, 0.15) is 44.9 Å². The number of carbonyl (C=O) groups excluding carboxylic acids is 1. The Labute approximate surface area is 127 Å². The monoisotopic (exact) mass is 315 g/mol. The summed E-state index contributed by atoms with van der Waals surface area (Å²) in [5.74, 6) is -0.106. The highest BCUT2D eigenvalue weighted by molar-refractivity contribution is 5.92. The minimum Gasteiger partial charge on any atom is -0.404 e. The van der Waals surface area contributed by atoms with E-state index < -0.39 is 6.36 Å². The summed E-state index contributed by atoms with van der Waals surface area (Å²) in [6.45, 7) is 0. The zero-order valence-corrected chi connectivity index (χ0v) is 12.3. The first-order valence-electron chi connectivity index (χ1n) is 7.58. The fourth-order valence-corrected chi connectivity index (χ4v) is 2.81. The molecule has 6 heteroatoms. The second-order valence-electron chi connectivity index (χ2n) is 5.63. The van der Waals surface area contributed by atoms with Gasteiger partial charge in [0.15, 0.2) is 5.75 Å². The highest BCUT2D eigenvalue weighted by atomic mass is 19.4. The lowest BCUT2D eigenvalue weighted by Gasteiger charge is -2.21.